The molecule has 3 aliphatic heterocycles. The molecule has 2 aromatic rings. The van der Waals surface area contributed by atoms with Gasteiger partial charge in [-0.05, 0) is 48.1 Å². The van der Waals surface area contributed by atoms with E-state index in [0.717, 1.165) is 31.3 Å². The second-order valence-corrected chi connectivity index (χ2v) is 7.81. The molecule has 1 fully saturated rings. The van der Waals surface area contributed by atoms with Crippen molar-refractivity contribution in [2.75, 3.05) is 43.5 Å². The van der Waals surface area contributed by atoms with E-state index < -0.39 is 0 Å². The molecule has 136 valence electrons. The summed E-state index contributed by atoms with van der Waals surface area (Å²) in [6, 6.07) is 13.0. The van der Waals surface area contributed by atoms with E-state index in [1.54, 1.807) is 18.4 Å². The summed E-state index contributed by atoms with van der Waals surface area (Å²) < 4.78 is 5.49. The van der Waals surface area contributed by atoms with Gasteiger partial charge in [0.25, 0.3) is 0 Å². The van der Waals surface area contributed by atoms with Crippen molar-refractivity contribution in [3.8, 4) is 5.75 Å². The van der Waals surface area contributed by atoms with E-state index in [9.17, 15) is 0 Å². The Morgan fingerprint density at radius 2 is 2.15 bits per heavy atom. The second-order valence-electron chi connectivity index (χ2n) is 7.81. The predicted octanol–water partition coefficient (Wildman–Crippen LogP) is 3.38. The lowest BCUT2D eigenvalue weighted by Gasteiger charge is -2.42. The van der Waals surface area contributed by atoms with E-state index in [-0.39, 0.29) is 0 Å². The highest BCUT2D eigenvalue weighted by atomic mass is 16.5. The molecule has 0 amide bonds. The summed E-state index contributed by atoms with van der Waals surface area (Å²) in [5.41, 5.74) is 7.08. The standard InChI is InChI=1S/C22H27N3O/c1-26-21-7-3-2-5-16(21)12-24-18-9-15-6-4-8-25-14-17-11-23-13-20(17)19(10-18)22(15)25/h2-3,5,7,9-10,17,20,23-24H,4,6,8,11-14H2,1H3/t17-,20-/m1/s1. The van der Waals surface area contributed by atoms with E-state index in [1.807, 2.05) is 12.1 Å². The lowest BCUT2D eigenvalue weighted by Crippen LogP contribution is -2.41. The largest absolute Gasteiger partial charge is 0.496 e. The highest BCUT2D eigenvalue weighted by Crippen LogP contribution is 2.45. The van der Waals surface area contributed by atoms with Gasteiger partial charge in [-0.15, -0.1) is 0 Å². The van der Waals surface area contributed by atoms with Gasteiger partial charge in [0.15, 0.2) is 0 Å². The Hall–Kier alpha value is -2.20. The number of benzene rings is 2. The predicted molar refractivity (Wildman–Crippen MR) is 106 cm³/mol. The van der Waals surface area contributed by atoms with Crippen molar-refractivity contribution < 1.29 is 4.74 Å². The topological polar surface area (TPSA) is 36.5 Å². The van der Waals surface area contributed by atoms with Crippen LogP contribution in [-0.2, 0) is 13.0 Å². The van der Waals surface area contributed by atoms with Gasteiger partial charge in [-0.3, -0.25) is 0 Å². The average Bonchev–Trinajstić information content (AvgIpc) is 3.15. The van der Waals surface area contributed by atoms with Crippen molar-refractivity contribution in [1.29, 1.82) is 0 Å². The highest BCUT2D eigenvalue weighted by Gasteiger charge is 2.38. The molecule has 0 bridgehead atoms. The van der Waals surface area contributed by atoms with E-state index in [1.165, 1.54) is 42.7 Å². The fourth-order valence-electron chi connectivity index (χ4n) is 5.05. The van der Waals surface area contributed by atoms with Crippen molar-refractivity contribution in [2.24, 2.45) is 5.92 Å². The third-order valence-electron chi connectivity index (χ3n) is 6.28. The molecule has 0 saturated carbocycles. The number of anilines is 2. The Bertz CT molecular complexity index is 819. The molecule has 1 saturated heterocycles. The van der Waals surface area contributed by atoms with Gasteiger partial charge >= 0.3 is 0 Å². The maximum Gasteiger partial charge on any atom is 0.123 e. The number of methoxy groups -OCH3 is 1. The van der Waals surface area contributed by atoms with E-state index in [0.29, 0.717) is 5.92 Å². The van der Waals surface area contributed by atoms with Crippen molar-refractivity contribution in [3.05, 3.63) is 53.1 Å². The molecular formula is C22H27N3O. The number of rotatable bonds is 4. The average molecular weight is 349 g/mol. The molecule has 0 aromatic heterocycles. The van der Waals surface area contributed by atoms with Crippen LogP contribution in [0.25, 0.3) is 0 Å². The van der Waals surface area contributed by atoms with Gasteiger partial charge in [0, 0.05) is 55.6 Å². The first-order valence-corrected chi connectivity index (χ1v) is 9.82. The van der Waals surface area contributed by atoms with Crippen molar-refractivity contribution >= 4 is 11.4 Å². The van der Waals surface area contributed by atoms with Gasteiger partial charge < -0.3 is 20.3 Å². The van der Waals surface area contributed by atoms with E-state index >= 15 is 0 Å². The molecular weight excluding hydrogens is 322 g/mol. The number of nitrogens with one attached hydrogen (secondary N) is 2. The number of ether oxygens (including phenoxy) is 1. The van der Waals surface area contributed by atoms with Crippen LogP contribution in [0.3, 0.4) is 0 Å². The maximum absolute atomic E-state index is 5.49. The molecule has 2 atom stereocenters. The SMILES string of the molecule is COc1ccccc1CNc1cc2c3c(c1)[C@@H]1CNC[C@@H]1CN3CCC2. The number of fused-ring (bicyclic) bond motifs is 2. The van der Waals surface area contributed by atoms with Crippen LogP contribution in [-0.4, -0.2) is 33.3 Å². The molecule has 2 aromatic carbocycles. The van der Waals surface area contributed by atoms with E-state index in [4.69, 9.17) is 4.74 Å². The van der Waals surface area contributed by atoms with Gasteiger partial charge in [-0.2, -0.15) is 0 Å². The smallest absolute Gasteiger partial charge is 0.123 e. The van der Waals surface area contributed by atoms with Gasteiger partial charge in [0.2, 0.25) is 0 Å². The molecule has 3 heterocycles. The normalized spacial score (nSPS) is 23.3. The Morgan fingerprint density at radius 3 is 3.08 bits per heavy atom. The fourth-order valence-corrected chi connectivity index (χ4v) is 5.05. The maximum atomic E-state index is 5.49. The first kappa shape index (κ1) is 16.0. The number of nitrogens with zero attached hydrogens (tertiary/aromatic N) is 1. The Labute approximate surface area is 155 Å². The van der Waals surface area contributed by atoms with Crippen LogP contribution < -0.4 is 20.3 Å². The summed E-state index contributed by atoms with van der Waals surface area (Å²) in [5.74, 6) is 2.38. The zero-order valence-corrected chi connectivity index (χ0v) is 15.4. The van der Waals surface area contributed by atoms with Crippen LogP contribution in [0.15, 0.2) is 36.4 Å². The van der Waals surface area contributed by atoms with Crippen molar-refractivity contribution in [3.63, 3.8) is 0 Å². The van der Waals surface area contributed by atoms with Gasteiger partial charge in [0.05, 0.1) is 7.11 Å². The Kier molecular flexibility index (Phi) is 4.01. The second kappa shape index (κ2) is 6.51. The lowest BCUT2D eigenvalue weighted by atomic mass is 9.80. The van der Waals surface area contributed by atoms with Gasteiger partial charge in [0.1, 0.15) is 5.75 Å². The van der Waals surface area contributed by atoms with Crippen LogP contribution in [0.5, 0.6) is 5.75 Å². The number of para-hydroxylation sites is 1. The van der Waals surface area contributed by atoms with Crippen LogP contribution in [0, 0.1) is 5.92 Å². The van der Waals surface area contributed by atoms with Gasteiger partial charge in [-0.1, -0.05) is 18.2 Å². The van der Waals surface area contributed by atoms with Crippen LogP contribution in [0.1, 0.15) is 29.0 Å². The van der Waals surface area contributed by atoms with Crippen LogP contribution in [0.4, 0.5) is 11.4 Å². The monoisotopic (exact) mass is 349 g/mol. The summed E-state index contributed by atoms with van der Waals surface area (Å²) in [6.45, 7) is 5.52. The molecule has 4 heteroatoms. The summed E-state index contributed by atoms with van der Waals surface area (Å²) in [7, 11) is 1.74. The molecule has 4 nitrogen and oxygen atoms in total. The first-order chi connectivity index (χ1) is 12.8. The minimum Gasteiger partial charge on any atom is -0.496 e. The van der Waals surface area contributed by atoms with E-state index in [2.05, 4.69) is 39.8 Å². The van der Waals surface area contributed by atoms with Gasteiger partial charge in [-0.25, -0.2) is 0 Å². The fraction of sp³-hybridized carbons (Fsp3) is 0.455. The summed E-state index contributed by atoms with van der Waals surface area (Å²) in [5, 5.41) is 7.28. The summed E-state index contributed by atoms with van der Waals surface area (Å²) >= 11 is 0. The number of hydrogen-bond donors (Lipinski definition) is 2. The molecule has 3 aliphatic rings. The third kappa shape index (κ3) is 2.64. The first-order valence-electron chi connectivity index (χ1n) is 9.82. The Balaban J connectivity index is 1.46. The molecule has 0 radical (unpaired) electrons. The molecule has 0 unspecified atom stereocenters. The number of aryl methyl sites for hydroxylation is 1. The third-order valence-corrected chi connectivity index (χ3v) is 6.28. The molecule has 2 N–H and O–H groups in total. The summed E-state index contributed by atoms with van der Waals surface area (Å²) in [4.78, 5) is 2.65. The number of hydrogen-bond acceptors (Lipinski definition) is 4. The zero-order chi connectivity index (χ0) is 17.5. The minimum absolute atomic E-state index is 0.672. The highest BCUT2D eigenvalue weighted by molar-refractivity contribution is 5.70. The molecule has 0 spiro atoms. The zero-order valence-electron chi connectivity index (χ0n) is 15.4. The van der Waals surface area contributed by atoms with Crippen LogP contribution >= 0.6 is 0 Å². The molecule has 5 rings (SSSR count). The molecule has 26 heavy (non-hydrogen) atoms. The van der Waals surface area contributed by atoms with Crippen molar-refractivity contribution in [2.45, 2.75) is 25.3 Å². The van der Waals surface area contributed by atoms with Crippen LogP contribution in [0.2, 0.25) is 0 Å². The quantitative estimate of drug-likeness (QED) is 0.887. The summed E-state index contributed by atoms with van der Waals surface area (Å²) in [6.07, 6.45) is 2.47. The lowest BCUT2D eigenvalue weighted by molar-refractivity contribution is 0.410. The minimum atomic E-state index is 0.672. The van der Waals surface area contributed by atoms with Crippen molar-refractivity contribution in [1.82, 2.24) is 5.32 Å². The Morgan fingerprint density at radius 1 is 1.23 bits per heavy atom. The molecule has 0 aliphatic carbocycles.